The lowest BCUT2D eigenvalue weighted by atomic mass is 10.1. The van der Waals surface area contributed by atoms with Crippen LogP contribution in [0, 0.1) is 0 Å². The Morgan fingerprint density at radius 1 is 1.32 bits per heavy atom. The zero-order valence-electron chi connectivity index (χ0n) is 10.1. The van der Waals surface area contributed by atoms with Gasteiger partial charge in [-0.05, 0) is 24.3 Å². The average molecular weight is 299 g/mol. The minimum atomic E-state index is -3.74. The number of aromatic nitrogens is 2. The lowest BCUT2D eigenvalue weighted by molar-refractivity contribution is 0.102. The molecule has 0 N–H and O–H groups in total. The minimum absolute atomic E-state index is 0.116. The number of sulfone groups is 1. The van der Waals surface area contributed by atoms with Crippen molar-refractivity contribution in [1.82, 2.24) is 9.55 Å². The van der Waals surface area contributed by atoms with E-state index in [4.69, 9.17) is 11.6 Å². The number of Topliss-reactive ketones (excluding diaryl/α,β-unsaturated/α-hetero) is 1. The van der Waals surface area contributed by atoms with E-state index >= 15 is 0 Å². The van der Waals surface area contributed by atoms with Gasteiger partial charge in [0.1, 0.15) is 5.75 Å². The van der Waals surface area contributed by atoms with E-state index in [9.17, 15) is 13.2 Å². The Kier molecular flexibility index (Phi) is 3.73. The van der Waals surface area contributed by atoms with E-state index in [1.54, 1.807) is 19.2 Å². The van der Waals surface area contributed by atoms with Gasteiger partial charge in [0.05, 0.1) is 0 Å². The molecule has 100 valence electrons. The third-order valence-electron chi connectivity index (χ3n) is 2.54. The molecular weight excluding hydrogens is 288 g/mol. The van der Waals surface area contributed by atoms with Crippen LogP contribution in [0.2, 0.25) is 5.02 Å². The van der Waals surface area contributed by atoms with Crippen LogP contribution < -0.4 is 0 Å². The van der Waals surface area contributed by atoms with Crippen LogP contribution in [0.3, 0.4) is 0 Å². The monoisotopic (exact) mass is 298 g/mol. The summed E-state index contributed by atoms with van der Waals surface area (Å²) in [6, 6.07) is 6.08. The third kappa shape index (κ3) is 3.02. The first kappa shape index (κ1) is 13.8. The van der Waals surface area contributed by atoms with Gasteiger partial charge in [0, 0.05) is 30.0 Å². The van der Waals surface area contributed by atoms with Gasteiger partial charge in [-0.25, -0.2) is 13.4 Å². The average Bonchev–Trinajstić information content (AvgIpc) is 2.76. The second kappa shape index (κ2) is 5.14. The molecule has 0 aliphatic heterocycles. The fourth-order valence-corrected chi connectivity index (χ4v) is 3.10. The maximum atomic E-state index is 12.0. The van der Waals surface area contributed by atoms with Crippen molar-refractivity contribution in [3.8, 4) is 0 Å². The summed E-state index contributed by atoms with van der Waals surface area (Å²) in [5.41, 5.74) is 0.308. The fourth-order valence-electron chi connectivity index (χ4n) is 1.61. The molecule has 0 saturated heterocycles. The molecule has 0 radical (unpaired) electrons. The lowest BCUT2D eigenvalue weighted by Crippen LogP contribution is -2.19. The summed E-state index contributed by atoms with van der Waals surface area (Å²) in [7, 11) is -2.17. The van der Waals surface area contributed by atoms with Crippen LogP contribution in [0.5, 0.6) is 0 Å². The Bertz CT molecular complexity index is 705. The summed E-state index contributed by atoms with van der Waals surface area (Å²) in [5.74, 6) is -1.10. The smallest absolute Gasteiger partial charge is 0.227 e. The normalized spacial score (nSPS) is 11.5. The molecule has 0 bridgehead atoms. The highest BCUT2D eigenvalue weighted by atomic mass is 35.5. The van der Waals surface area contributed by atoms with Crippen LogP contribution in [0.25, 0.3) is 0 Å². The quantitative estimate of drug-likeness (QED) is 0.806. The lowest BCUT2D eigenvalue weighted by Gasteiger charge is -2.04. The maximum absolute atomic E-state index is 12.0. The number of ketones is 1. The fraction of sp³-hybridized carbons (Fsp3) is 0.167. The SMILES string of the molecule is Cn1ccnc1S(=O)(=O)CC(=O)c1ccc(Cl)cc1. The number of carbonyl (C=O) groups excluding carboxylic acids is 1. The highest BCUT2D eigenvalue weighted by Gasteiger charge is 2.24. The number of hydrogen-bond donors (Lipinski definition) is 0. The number of nitrogens with zero attached hydrogens (tertiary/aromatic N) is 2. The van der Waals surface area contributed by atoms with Gasteiger partial charge < -0.3 is 4.57 Å². The molecule has 0 unspecified atom stereocenters. The molecule has 2 rings (SSSR count). The number of carbonyl (C=O) groups is 1. The molecule has 2 aromatic rings. The van der Waals surface area contributed by atoms with E-state index in [0.717, 1.165) is 0 Å². The van der Waals surface area contributed by atoms with Gasteiger partial charge in [0.15, 0.2) is 5.78 Å². The zero-order chi connectivity index (χ0) is 14.0. The first-order valence-electron chi connectivity index (χ1n) is 5.39. The third-order valence-corrected chi connectivity index (χ3v) is 4.39. The summed E-state index contributed by atoms with van der Waals surface area (Å²) in [6.45, 7) is 0. The predicted octanol–water partition coefficient (Wildman–Crippen LogP) is 1.73. The Morgan fingerprint density at radius 2 is 1.95 bits per heavy atom. The molecule has 0 aliphatic carbocycles. The van der Waals surface area contributed by atoms with Gasteiger partial charge in [-0.3, -0.25) is 4.79 Å². The molecule has 5 nitrogen and oxygen atoms in total. The maximum Gasteiger partial charge on any atom is 0.227 e. The van der Waals surface area contributed by atoms with Crippen LogP contribution >= 0.6 is 11.6 Å². The van der Waals surface area contributed by atoms with Crippen molar-refractivity contribution in [2.24, 2.45) is 7.05 Å². The van der Waals surface area contributed by atoms with Gasteiger partial charge >= 0.3 is 0 Å². The van der Waals surface area contributed by atoms with E-state index in [2.05, 4.69) is 4.98 Å². The summed E-state index contributed by atoms with van der Waals surface area (Å²) >= 11 is 5.71. The van der Waals surface area contributed by atoms with Crippen LogP contribution in [0.1, 0.15) is 10.4 Å². The van der Waals surface area contributed by atoms with Gasteiger partial charge in [-0.1, -0.05) is 11.6 Å². The first-order valence-corrected chi connectivity index (χ1v) is 7.42. The largest absolute Gasteiger partial charge is 0.325 e. The molecule has 1 aromatic carbocycles. The van der Waals surface area contributed by atoms with Crippen LogP contribution in [-0.4, -0.2) is 29.5 Å². The molecule has 1 heterocycles. The second-order valence-electron chi connectivity index (χ2n) is 4.01. The van der Waals surface area contributed by atoms with E-state index < -0.39 is 21.4 Å². The number of rotatable bonds is 4. The summed E-state index contributed by atoms with van der Waals surface area (Å²) in [6.07, 6.45) is 2.89. The second-order valence-corrected chi connectivity index (χ2v) is 6.33. The van der Waals surface area contributed by atoms with E-state index in [-0.39, 0.29) is 5.16 Å². The van der Waals surface area contributed by atoms with Gasteiger partial charge in [-0.15, -0.1) is 0 Å². The molecule has 0 fully saturated rings. The molecule has 0 spiro atoms. The van der Waals surface area contributed by atoms with Crippen molar-refractivity contribution < 1.29 is 13.2 Å². The predicted molar refractivity (Wildman–Crippen MR) is 71.0 cm³/mol. The number of imidazole rings is 1. The molecule has 0 aliphatic rings. The van der Waals surface area contributed by atoms with Gasteiger partial charge in [-0.2, -0.15) is 0 Å². The topological polar surface area (TPSA) is 69.0 Å². The minimum Gasteiger partial charge on any atom is -0.325 e. The number of aryl methyl sites for hydroxylation is 1. The molecule has 1 aromatic heterocycles. The Balaban J connectivity index is 2.24. The van der Waals surface area contributed by atoms with Crippen molar-refractivity contribution in [2.45, 2.75) is 5.16 Å². The highest BCUT2D eigenvalue weighted by molar-refractivity contribution is 7.92. The Labute approximate surface area is 115 Å². The number of hydrogen-bond acceptors (Lipinski definition) is 4. The Hall–Kier alpha value is -1.66. The number of benzene rings is 1. The van der Waals surface area contributed by atoms with Crippen molar-refractivity contribution in [1.29, 1.82) is 0 Å². The van der Waals surface area contributed by atoms with Crippen molar-refractivity contribution in [2.75, 3.05) is 5.75 Å². The standard InChI is InChI=1S/C12H11ClN2O3S/c1-15-7-6-14-12(15)19(17,18)8-11(16)9-2-4-10(13)5-3-9/h2-7H,8H2,1H3. The highest BCUT2D eigenvalue weighted by Crippen LogP contribution is 2.13. The van der Waals surface area contributed by atoms with Gasteiger partial charge in [0.25, 0.3) is 0 Å². The molecule has 19 heavy (non-hydrogen) atoms. The van der Waals surface area contributed by atoms with Crippen LogP contribution in [0.15, 0.2) is 41.8 Å². The van der Waals surface area contributed by atoms with E-state index in [1.165, 1.54) is 29.1 Å². The van der Waals surface area contributed by atoms with Crippen molar-refractivity contribution >= 4 is 27.2 Å². The van der Waals surface area contributed by atoms with E-state index in [0.29, 0.717) is 10.6 Å². The number of halogens is 1. The first-order chi connectivity index (χ1) is 8.90. The molecule has 0 amide bonds. The molecule has 0 saturated carbocycles. The van der Waals surface area contributed by atoms with Crippen molar-refractivity contribution in [3.63, 3.8) is 0 Å². The molecular formula is C12H11ClN2O3S. The van der Waals surface area contributed by atoms with Gasteiger partial charge in [0.2, 0.25) is 15.0 Å². The van der Waals surface area contributed by atoms with Crippen LogP contribution in [-0.2, 0) is 16.9 Å². The molecule has 7 heteroatoms. The summed E-state index contributed by atoms with van der Waals surface area (Å²) < 4.78 is 25.4. The summed E-state index contributed by atoms with van der Waals surface area (Å²) in [4.78, 5) is 15.7. The Morgan fingerprint density at radius 3 is 2.47 bits per heavy atom. The van der Waals surface area contributed by atoms with Crippen LogP contribution in [0.4, 0.5) is 0 Å². The molecule has 0 atom stereocenters. The summed E-state index contributed by atoms with van der Waals surface area (Å²) in [5, 5.41) is 0.373. The van der Waals surface area contributed by atoms with E-state index in [1.807, 2.05) is 0 Å². The van der Waals surface area contributed by atoms with Crippen molar-refractivity contribution in [3.05, 3.63) is 47.2 Å². The zero-order valence-corrected chi connectivity index (χ0v) is 11.6.